The summed E-state index contributed by atoms with van der Waals surface area (Å²) in [5.74, 6) is 1.13. The number of nitrogens with zero attached hydrogens (tertiary/aromatic N) is 4. The van der Waals surface area contributed by atoms with Crippen LogP contribution in [0.2, 0.25) is 0 Å². The lowest BCUT2D eigenvalue weighted by Crippen LogP contribution is -2.18. The molecular formula is C15H17ClN4S. The molecule has 110 valence electrons. The number of pyridine rings is 1. The molecule has 0 bridgehead atoms. The molecule has 4 nitrogen and oxygen atoms in total. The molecule has 3 aromatic rings. The molecule has 0 unspecified atom stereocenters. The van der Waals surface area contributed by atoms with Crippen LogP contribution in [0.1, 0.15) is 24.1 Å². The first-order chi connectivity index (χ1) is 9.75. The zero-order valence-corrected chi connectivity index (χ0v) is 13.7. The zero-order valence-electron chi connectivity index (χ0n) is 12.1. The summed E-state index contributed by atoms with van der Waals surface area (Å²) >= 11 is 1.72. The van der Waals surface area contributed by atoms with E-state index >= 15 is 0 Å². The topological polar surface area (TPSA) is 41.9 Å². The maximum absolute atomic E-state index is 4.62. The Hall–Kier alpha value is -1.46. The number of anilines is 1. The number of fused-ring (bicyclic) bond motifs is 3. The Morgan fingerprint density at radius 3 is 2.67 bits per heavy atom. The average Bonchev–Trinajstić information content (AvgIpc) is 3.09. The summed E-state index contributed by atoms with van der Waals surface area (Å²) in [5.41, 5.74) is 2.25. The van der Waals surface area contributed by atoms with Crippen molar-refractivity contribution in [1.29, 1.82) is 0 Å². The number of rotatable bonds is 1. The van der Waals surface area contributed by atoms with E-state index < -0.39 is 0 Å². The van der Waals surface area contributed by atoms with Crippen LogP contribution in [-0.2, 0) is 0 Å². The maximum Gasteiger partial charge on any atom is 0.147 e. The van der Waals surface area contributed by atoms with Gasteiger partial charge in [-0.2, -0.15) is 5.10 Å². The van der Waals surface area contributed by atoms with Crippen molar-refractivity contribution in [2.24, 2.45) is 0 Å². The van der Waals surface area contributed by atoms with Crippen LogP contribution in [0.25, 0.3) is 20.3 Å². The van der Waals surface area contributed by atoms with Crippen molar-refractivity contribution in [3.05, 3.63) is 23.5 Å². The third-order valence-corrected chi connectivity index (χ3v) is 5.27. The van der Waals surface area contributed by atoms with Gasteiger partial charge >= 0.3 is 0 Å². The number of hydrogen-bond donors (Lipinski definition) is 0. The summed E-state index contributed by atoms with van der Waals surface area (Å²) in [6.07, 6.45) is 4.46. The highest BCUT2D eigenvalue weighted by atomic mass is 35.5. The van der Waals surface area contributed by atoms with E-state index in [1.807, 2.05) is 13.1 Å². The summed E-state index contributed by atoms with van der Waals surface area (Å²) in [7, 11) is 0. The first kappa shape index (κ1) is 14.5. The van der Waals surface area contributed by atoms with Crippen molar-refractivity contribution in [3.8, 4) is 0 Å². The number of hydrogen-bond acceptors (Lipinski definition) is 5. The summed E-state index contributed by atoms with van der Waals surface area (Å²) in [4.78, 5) is 8.05. The van der Waals surface area contributed by atoms with Crippen molar-refractivity contribution in [2.45, 2.75) is 26.7 Å². The van der Waals surface area contributed by atoms with Crippen LogP contribution in [0.15, 0.2) is 12.3 Å². The lowest BCUT2D eigenvalue weighted by Gasteiger charge is -2.16. The van der Waals surface area contributed by atoms with Crippen LogP contribution in [0.3, 0.4) is 0 Å². The van der Waals surface area contributed by atoms with Crippen molar-refractivity contribution in [1.82, 2.24) is 15.2 Å². The Labute approximate surface area is 133 Å². The molecule has 1 fully saturated rings. The molecule has 1 aliphatic heterocycles. The van der Waals surface area contributed by atoms with Gasteiger partial charge in [0.2, 0.25) is 0 Å². The predicted octanol–water partition coefficient (Wildman–Crippen LogP) is 3.88. The second-order valence-electron chi connectivity index (χ2n) is 5.40. The Bertz CT molecular complexity index is 808. The molecule has 0 atom stereocenters. The molecule has 0 amide bonds. The van der Waals surface area contributed by atoms with Gasteiger partial charge in [-0.25, -0.2) is 4.98 Å². The Morgan fingerprint density at radius 1 is 1.14 bits per heavy atom. The normalized spacial score (nSPS) is 14.9. The second-order valence-corrected chi connectivity index (χ2v) is 6.40. The lowest BCUT2D eigenvalue weighted by molar-refractivity contribution is 0.947. The largest absolute Gasteiger partial charge is 0.355 e. The third kappa shape index (κ3) is 2.15. The van der Waals surface area contributed by atoms with Gasteiger partial charge in [0, 0.05) is 30.1 Å². The quantitative estimate of drug-likeness (QED) is 0.682. The SMILES string of the molecule is Cc1nnc2sc3c(N4CCCC4)nccc3c2c1C.Cl. The highest BCUT2D eigenvalue weighted by Gasteiger charge is 2.20. The van der Waals surface area contributed by atoms with E-state index in [2.05, 4.69) is 33.1 Å². The van der Waals surface area contributed by atoms with Crippen LogP contribution >= 0.6 is 23.7 Å². The fourth-order valence-electron chi connectivity index (χ4n) is 2.96. The van der Waals surface area contributed by atoms with E-state index in [9.17, 15) is 0 Å². The van der Waals surface area contributed by atoms with Gasteiger partial charge in [-0.05, 0) is 38.3 Å². The molecule has 0 saturated carbocycles. The molecule has 6 heteroatoms. The fraction of sp³-hybridized carbons (Fsp3) is 0.400. The van der Waals surface area contributed by atoms with Crippen LogP contribution in [0.4, 0.5) is 5.82 Å². The van der Waals surface area contributed by atoms with Crippen LogP contribution in [0, 0.1) is 13.8 Å². The van der Waals surface area contributed by atoms with Gasteiger partial charge in [0.15, 0.2) is 0 Å². The second kappa shape index (κ2) is 5.39. The van der Waals surface area contributed by atoms with Gasteiger partial charge < -0.3 is 4.90 Å². The number of aryl methyl sites for hydroxylation is 2. The Morgan fingerprint density at radius 2 is 1.90 bits per heavy atom. The van der Waals surface area contributed by atoms with Crippen LogP contribution in [-0.4, -0.2) is 28.3 Å². The van der Waals surface area contributed by atoms with Crippen molar-refractivity contribution in [2.75, 3.05) is 18.0 Å². The molecule has 4 rings (SSSR count). The third-order valence-electron chi connectivity index (χ3n) is 4.18. The van der Waals surface area contributed by atoms with Gasteiger partial charge in [-0.3, -0.25) is 0 Å². The van der Waals surface area contributed by atoms with E-state index in [0.29, 0.717) is 0 Å². The zero-order chi connectivity index (χ0) is 13.7. The summed E-state index contributed by atoms with van der Waals surface area (Å²) in [5, 5.41) is 11.2. The molecule has 4 heterocycles. The van der Waals surface area contributed by atoms with Gasteiger partial charge in [-0.15, -0.1) is 28.8 Å². The van der Waals surface area contributed by atoms with E-state index in [1.165, 1.54) is 33.9 Å². The number of thiophene rings is 1. The van der Waals surface area contributed by atoms with Crippen molar-refractivity contribution < 1.29 is 0 Å². The molecule has 0 aliphatic carbocycles. The minimum absolute atomic E-state index is 0. The van der Waals surface area contributed by atoms with Crippen LogP contribution < -0.4 is 4.90 Å². The van der Waals surface area contributed by atoms with Crippen LogP contribution in [0.5, 0.6) is 0 Å². The predicted molar refractivity (Wildman–Crippen MR) is 90.9 cm³/mol. The highest BCUT2D eigenvalue weighted by Crippen LogP contribution is 2.39. The summed E-state index contributed by atoms with van der Waals surface area (Å²) < 4.78 is 1.26. The van der Waals surface area contributed by atoms with E-state index in [-0.39, 0.29) is 12.4 Å². The summed E-state index contributed by atoms with van der Waals surface area (Å²) in [6.45, 7) is 6.39. The first-order valence-corrected chi connectivity index (χ1v) is 7.83. The maximum atomic E-state index is 4.62. The molecule has 1 aliphatic rings. The molecule has 21 heavy (non-hydrogen) atoms. The Balaban J connectivity index is 0.00000132. The molecule has 3 aromatic heterocycles. The minimum atomic E-state index is 0. The number of aromatic nitrogens is 3. The smallest absolute Gasteiger partial charge is 0.147 e. The van der Waals surface area contributed by atoms with Gasteiger partial charge in [-0.1, -0.05) is 0 Å². The monoisotopic (exact) mass is 320 g/mol. The molecule has 0 N–H and O–H groups in total. The average molecular weight is 321 g/mol. The molecule has 0 aromatic carbocycles. The lowest BCUT2D eigenvalue weighted by atomic mass is 10.1. The summed E-state index contributed by atoms with van der Waals surface area (Å²) in [6, 6.07) is 2.11. The van der Waals surface area contributed by atoms with Crippen molar-refractivity contribution in [3.63, 3.8) is 0 Å². The van der Waals surface area contributed by atoms with E-state index in [1.54, 1.807) is 11.3 Å². The molecule has 1 saturated heterocycles. The molecule has 0 radical (unpaired) electrons. The Kier molecular flexibility index (Phi) is 3.71. The van der Waals surface area contributed by atoms with Gasteiger partial charge in [0.05, 0.1) is 10.4 Å². The number of halogens is 1. The van der Waals surface area contributed by atoms with Crippen molar-refractivity contribution >= 4 is 49.9 Å². The van der Waals surface area contributed by atoms with Gasteiger partial charge in [0.25, 0.3) is 0 Å². The highest BCUT2D eigenvalue weighted by molar-refractivity contribution is 7.26. The van der Waals surface area contributed by atoms with E-state index in [4.69, 9.17) is 0 Å². The molecular weight excluding hydrogens is 304 g/mol. The van der Waals surface area contributed by atoms with Gasteiger partial charge in [0.1, 0.15) is 10.6 Å². The molecule has 0 spiro atoms. The van der Waals surface area contributed by atoms with E-state index in [0.717, 1.165) is 29.4 Å². The first-order valence-electron chi connectivity index (χ1n) is 7.02. The standard InChI is InChI=1S/C15H16N4S.ClH/c1-9-10(2)17-18-15-12(9)11-5-6-16-14(13(11)20-15)19-7-3-4-8-19;/h5-6H,3-4,7-8H2,1-2H3;1H. The fourth-order valence-corrected chi connectivity index (χ4v) is 4.15. The minimum Gasteiger partial charge on any atom is -0.355 e.